The molecule has 246 valence electrons. The predicted molar refractivity (Wildman–Crippen MR) is 183 cm³/mol. The third-order valence-corrected chi connectivity index (χ3v) is 9.97. The minimum absolute atomic E-state index is 0.164. The number of benzene rings is 2. The second-order valence-corrected chi connectivity index (χ2v) is 12.9. The van der Waals surface area contributed by atoms with Crippen molar-refractivity contribution in [2.24, 2.45) is 0 Å². The number of ether oxygens (including phenoxy) is 1. The van der Waals surface area contributed by atoms with Crippen molar-refractivity contribution in [2.45, 2.75) is 90.6 Å². The van der Waals surface area contributed by atoms with Crippen LogP contribution in [0, 0.1) is 0 Å². The minimum Gasteiger partial charge on any atom is -0.462 e. The normalized spacial score (nSPS) is 17.0. The molecule has 6 rings (SSSR count). The molecule has 1 aliphatic carbocycles. The predicted octanol–water partition coefficient (Wildman–Crippen LogP) is 6.60. The van der Waals surface area contributed by atoms with Gasteiger partial charge in [-0.05, 0) is 111 Å². The largest absolute Gasteiger partial charge is 0.462 e. The number of hydrogen-bond acceptors (Lipinski definition) is 6. The van der Waals surface area contributed by atoms with Gasteiger partial charge in [-0.2, -0.15) is 5.10 Å². The number of piperidine rings is 1. The minimum atomic E-state index is -0.936. The van der Waals surface area contributed by atoms with Crippen LogP contribution in [0.1, 0.15) is 103 Å². The van der Waals surface area contributed by atoms with Gasteiger partial charge in [-0.1, -0.05) is 56.3 Å². The van der Waals surface area contributed by atoms with Gasteiger partial charge in [-0.15, -0.1) is 0 Å². The smallest absolute Gasteiger partial charge is 0.341 e. The third-order valence-electron chi connectivity index (χ3n) is 9.97. The van der Waals surface area contributed by atoms with Crippen LogP contribution in [-0.2, 0) is 35.2 Å². The number of carbonyl (C=O) groups is 2. The highest BCUT2D eigenvalue weighted by Crippen LogP contribution is 2.42. The highest BCUT2D eigenvalue weighted by molar-refractivity contribution is 5.90. The summed E-state index contributed by atoms with van der Waals surface area (Å²) in [7, 11) is 0. The lowest BCUT2D eigenvalue weighted by molar-refractivity contribution is -0.140. The quantitative estimate of drug-likeness (QED) is 0.198. The van der Waals surface area contributed by atoms with Crippen LogP contribution in [-0.4, -0.2) is 62.4 Å². The molecule has 3 heterocycles. The van der Waals surface area contributed by atoms with Gasteiger partial charge in [0, 0.05) is 18.7 Å². The van der Waals surface area contributed by atoms with Gasteiger partial charge in [0.15, 0.2) is 5.82 Å². The number of carbonyl (C=O) groups excluding carboxylic acids is 2. The maximum Gasteiger partial charge on any atom is 0.341 e. The summed E-state index contributed by atoms with van der Waals surface area (Å²) in [5.41, 5.74) is 10.3. The van der Waals surface area contributed by atoms with Crippen molar-refractivity contribution in [1.29, 1.82) is 0 Å². The van der Waals surface area contributed by atoms with Gasteiger partial charge >= 0.3 is 5.97 Å². The number of likely N-dealkylation sites (tertiary alicyclic amines) is 1. The van der Waals surface area contributed by atoms with E-state index in [4.69, 9.17) is 9.72 Å². The molecule has 2 unspecified atom stereocenters. The molecule has 8 heteroatoms. The Labute approximate surface area is 277 Å². The number of aliphatic hydroxyl groups is 1. The van der Waals surface area contributed by atoms with Crippen molar-refractivity contribution in [1.82, 2.24) is 19.7 Å². The number of aryl methyl sites for hydroxylation is 2. The first kappa shape index (κ1) is 32.6. The Morgan fingerprint density at radius 2 is 1.79 bits per heavy atom. The highest BCUT2D eigenvalue weighted by atomic mass is 16.5. The van der Waals surface area contributed by atoms with Crippen molar-refractivity contribution in [3.63, 3.8) is 0 Å². The molecule has 1 aliphatic heterocycles. The first-order valence-corrected chi connectivity index (χ1v) is 17.2. The van der Waals surface area contributed by atoms with E-state index in [2.05, 4.69) is 54.5 Å². The number of aliphatic hydroxyl groups excluding tert-OH is 1. The average molecular weight is 635 g/mol. The van der Waals surface area contributed by atoms with Crippen molar-refractivity contribution >= 4 is 11.9 Å². The number of nitrogens with zero attached hydrogens (tertiary/aromatic N) is 4. The molecule has 0 spiro atoms. The molecule has 1 amide bonds. The second kappa shape index (κ2) is 14.2. The summed E-state index contributed by atoms with van der Waals surface area (Å²) >= 11 is 0. The van der Waals surface area contributed by atoms with Crippen LogP contribution in [0.3, 0.4) is 0 Å². The first-order valence-electron chi connectivity index (χ1n) is 17.2. The van der Waals surface area contributed by atoms with Gasteiger partial charge in [0.25, 0.3) is 5.91 Å². The van der Waals surface area contributed by atoms with Crippen LogP contribution >= 0.6 is 0 Å². The number of aromatic nitrogens is 3. The summed E-state index contributed by atoms with van der Waals surface area (Å²) in [5.74, 6) is 0.993. The van der Waals surface area contributed by atoms with Crippen LogP contribution in [0.15, 0.2) is 60.8 Å². The van der Waals surface area contributed by atoms with Crippen molar-refractivity contribution in [3.05, 3.63) is 99.9 Å². The lowest BCUT2D eigenvalue weighted by atomic mass is 9.83. The molecule has 8 nitrogen and oxygen atoms in total. The molecule has 2 aliphatic rings. The zero-order chi connectivity index (χ0) is 33.1. The molecular formula is C39H46N4O4. The van der Waals surface area contributed by atoms with Crippen LogP contribution in [0.2, 0.25) is 0 Å². The fourth-order valence-corrected chi connectivity index (χ4v) is 7.65. The van der Waals surface area contributed by atoms with Crippen LogP contribution in [0.25, 0.3) is 17.1 Å². The number of rotatable bonds is 10. The summed E-state index contributed by atoms with van der Waals surface area (Å²) < 4.78 is 7.02. The van der Waals surface area contributed by atoms with E-state index in [9.17, 15) is 14.7 Å². The standard InChI is InChI=1S/C39H46N4O4/c1-5-27-22-26(14-17-31(27)28-18-20-42(21-19-28)38(45)25(4)44)23-30-16-15-29-10-8-11-32(37(29)30)34-12-9-13-36(41-34)43-35(6-2)33(24-40-43)39(46)47-7-3/h8-14,17,22,24-25,28,30,44H,5-7,15-16,18-21,23H2,1-4H3. The molecule has 0 saturated carbocycles. The topological polar surface area (TPSA) is 97.6 Å². The van der Waals surface area contributed by atoms with E-state index in [1.165, 1.54) is 27.8 Å². The molecule has 2 aromatic carbocycles. The lowest BCUT2D eigenvalue weighted by Gasteiger charge is -2.34. The van der Waals surface area contributed by atoms with Crippen molar-refractivity contribution in [2.75, 3.05) is 19.7 Å². The Morgan fingerprint density at radius 3 is 2.51 bits per heavy atom. The van der Waals surface area contributed by atoms with Crippen LogP contribution < -0.4 is 0 Å². The monoisotopic (exact) mass is 634 g/mol. The zero-order valence-corrected chi connectivity index (χ0v) is 28.0. The Bertz CT molecular complexity index is 1750. The summed E-state index contributed by atoms with van der Waals surface area (Å²) in [5, 5.41) is 14.3. The fourth-order valence-electron chi connectivity index (χ4n) is 7.65. The zero-order valence-electron chi connectivity index (χ0n) is 28.0. The second-order valence-electron chi connectivity index (χ2n) is 12.9. The maximum atomic E-state index is 12.5. The lowest BCUT2D eigenvalue weighted by Crippen LogP contribution is -2.42. The Morgan fingerprint density at radius 1 is 1.00 bits per heavy atom. The summed E-state index contributed by atoms with van der Waals surface area (Å²) in [6.45, 7) is 9.31. The van der Waals surface area contributed by atoms with E-state index >= 15 is 0 Å². The summed E-state index contributed by atoms with van der Waals surface area (Å²) in [4.78, 5) is 31.7. The molecule has 0 radical (unpaired) electrons. The Balaban J connectivity index is 1.24. The molecule has 2 atom stereocenters. The first-order chi connectivity index (χ1) is 22.8. The van der Waals surface area contributed by atoms with Crippen molar-refractivity contribution in [3.8, 4) is 17.1 Å². The fraction of sp³-hybridized carbons (Fsp3) is 0.436. The summed E-state index contributed by atoms with van der Waals surface area (Å²) in [6.07, 6.45) is 7.24. The summed E-state index contributed by atoms with van der Waals surface area (Å²) in [6, 6.07) is 19.7. The number of esters is 1. The number of pyridine rings is 1. The molecule has 1 saturated heterocycles. The number of hydrogen-bond donors (Lipinski definition) is 1. The SMILES string of the molecule is CCOC(=O)c1cnn(-c2cccc(-c3cccc4c3C(Cc3ccc(C5CCN(C(=O)C(C)O)CC5)c(CC)c3)CC4)n2)c1CC. The molecular weight excluding hydrogens is 588 g/mol. The Kier molecular flexibility index (Phi) is 9.87. The van der Waals surface area contributed by atoms with Gasteiger partial charge in [0.2, 0.25) is 0 Å². The van der Waals surface area contributed by atoms with E-state index in [0.717, 1.165) is 55.5 Å². The van der Waals surface area contributed by atoms with Crippen LogP contribution in [0.5, 0.6) is 0 Å². The van der Waals surface area contributed by atoms with Crippen LogP contribution in [0.4, 0.5) is 0 Å². The van der Waals surface area contributed by atoms with Gasteiger partial charge in [0.1, 0.15) is 11.7 Å². The van der Waals surface area contributed by atoms with Gasteiger partial charge < -0.3 is 14.7 Å². The van der Waals surface area contributed by atoms with E-state index in [-0.39, 0.29) is 11.9 Å². The van der Waals surface area contributed by atoms with E-state index < -0.39 is 6.10 Å². The van der Waals surface area contributed by atoms with Gasteiger partial charge in [0.05, 0.1) is 24.2 Å². The molecule has 2 aromatic heterocycles. The molecule has 0 bridgehead atoms. The van der Waals surface area contributed by atoms with E-state index in [1.54, 1.807) is 29.6 Å². The van der Waals surface area contributed by atoms with Gasteiger partial charge in [-0.25, -0.2) is 14.5 Å². The number of fused-ring (bicyclic) bond motifs is 1. The van der Waals surface area contributed by atoms with Gasteiger partial charge in [-0.3, -0.25) is 4.79 Å². The molecule has 4 aromatic rings. The maximum absolute atomic E-state index is 12.5. The van der Waals surface area contributed by atoms with E-state index in [0.29, 0.717) is 49.3 Å². The highest BCUT2D eigenvalue weighted by Gasteiger charge is 2.29. The molecule has 1 fully saturated rings. The van der Waals surface area contributed by atoms with E-state index in [1.807, 2.05) is 19.1 Å². The average Bonchev–Trinajstić information content (AvgIpc) is 3.72. The van der Waals surface area contributed by atoms with Crippen molar-refractivity contribution < 1.29 is 19.4 Å². The molecule has 47 heavy (non-hydrogen) atoms. The third kappa shape index (κ3) is 6.61. The molecule has 1 N–H and O–H groups in total. The Hall–Kier alpha value is -4.30. The number of amides is 1.